The molecule has 0 saturated carbocycles. The summed E-state index contributed by atoms with van der Waals surface area (Å²) >= 11 is 12.0. The molecule has 0 radical (unpaired) electrons. The molecular weight excluding hydrogens is 267 g/mol. The third kappa shape index (κ3) is 2.50. The SMILES string of the molecule is CC(C)C(C)n1c(CCCl)nc2ccc(Cl)cc21. The zero-order chi connectivity index (χ0) is 13.3. The maximum atomic E-state index is 6.09. The summed E-state index contributed by atoms with van der Waals surface area (Å²) in [6.45, 7) is 6.64. The van der Waals surface area contributed by atoms with Crippen molar-refractivity contribution >= 4 is 34.2 Å². The molecule has 18 heavy (non-hydrogen) atoms. The topological polar surface area (TPSA) is 17.8 Å². The van der Waals surface area contributed by atoms with Crippen molar-refractivity contribution in [2.45, 2.75) is 33.2 Å². The molecule has 1 atom stereocenters. The van der Waals surface area contributed by atoms with Gasteiger partial charge in [0.25, 0.3) is 0 Å². The van der Waals surface area contributed by atoms with Crippen LogP contribution in [0.15, 0.2) is 18.2 Å². The molecule has 1 aromatic heterocycles. The van der Waals surface area contributed by atoms with Crippen molar-refractivity contribution in [1.82, 2.24) is 9.55 Å². The average molecular weight is 285 g/mol. The summed E-state index contributed by atoms with van der Waals surface area (Å²) in [7, 11) is 0. The summed E-state index contributed by atoms with van der Waals surface area (Å²) in [5.41, 5.74) is 2.09. The highest BCUT2D eigenvalue weighted by Crippen LogP contribution is 2.28. The first-order valence-electron chi connectivity index (χ1n) is 6.27. The first-order valence-corrected chi connectivity index (χ1v) is 7.18. The van der Waals surface area contributed by atoms with Crippen molar-refractivity contribution in [3.05, 3.63) is 29.0 Å². The van der Waals surface area contributed by atoms with E-state index in [1.165, 1.54) is 0 Å². The van der Waals surface area contributed by atoms with Crippen molar-refractivity contribution in [3.8, 4) is 0 Å². The van der Waals surface area contributed by atoms with Gasteiger partial charge in [0.1, 0.15) is 5.82 Å². The summed E-state index contributed by atoms with van der Waals surface area (Å²) in [4.78, 5) is 4.67. The highest BCUT2D eigenvalue weighted by atomic mass is 35.5. The quantitative estimate of drug-likeness (QED) is 0.745. The van der Waals surface area contributed by atoms with E-state index in [1.54, 1.807) is 0 Å². The summed E-state index contributed by atoms with van der Waals surface area (Å²) in [5.74, 6) is 2.17. The maximum Gasteiger partial charge on any atom is 0.111 e. The molecule has 0 aliphatic heterocycles. The van der Waals surface area contributed by atoms with Crippen LogP contribution in [0.25, 0.3) is 11.0 Å². The van der Waals surface area contributed by atoms with Crippen molar-refractivity contribution in [2.24, 2.45) is 5.92 Å². The normalized spacial score (nSPS) is 13.4. The second kappa shape index (κ2) is 5.50. The molecule has 0 amide bonds. The van der Waals surface area contributed by atoms with E-state index >= 15 is 0 Å². The summed E-state index contributed by atoms with van der Waals surface area (Å²) in [5, 5.41) is 0.747. The third-order valence-electron chi connectivity index (χ3n) is 3.41. The molecule has 2 nitrogen and oxygen atoms in total. The lowest BCUT2D eigenvalue weighted by molar-refractivity contribution is 0.407. The van der Waals surface area contributed by atoms with Crippen LogP contribution in [0.4, 0.5) is 0 Å². The van der Waals surface area contributed by atoms with Gasteiger partial charge in [-0.25, -0.2) is 4.98 Å². The highest BCUT2D eigenvalue weighted by Gasteiger charge is 2.18. The fraction of sp³-hybridized carbons (Fsp3) is 0.500. The Labute approximate surface area is 118 Å². The number of nitrogens with zero attached hydrogens (tertiary/aromatic N) is 2. The van der Waals surface area contributed by atoms with Crippen molar-refractivity contribution in [3.63, 3.8) is 0 Å². The molecule has 0 N–H and O–H groups in total. The van der Waals surface area contributed by atoms with E-state index in [0.717, 1.165) is 28.3 Å². The van der Waals surface area contributed by atoms with E-state index < -0.39 is 0 Å². The van der Waals surface area contributed by atoms with Gasteiger partial charge >= 0.3 is 0 Å². The van der Waals surface area contributed by atoms with Gasteiger partial charge in [0.2, 0.25) is 0 Å². The molecule has 0 bridgehead atoms. The van der Waals surface area contributed by atoms with E-state index in [4.69, 9.17) is 23.2 Å². The van der Waals surface area contributed by atoms with E-state index in [0.29, 0.717) is 17.8 Å². The molecule has 0 aliphatic rings. The highest BCUT2D eigenvalue weighted by molar-refractivity contribution is 6.31. The van der Waals surface area contributed by atoms with Crippen molar-refractivity contribution < 1.29 is 0 Å². The largest absolute Gasteiger partial charge is 0.325 e. The first-order chi connectivity index (χ1) is 8.54. The summed E-state index contributed by atoms with van der Waals surface area (Å²) < 4.78 is 2.27. The first kappa shape index (κ1) is 13.7. The average Bonchev–Trinajstić information content (AvgIpc) is 2.66. The second-order valence-electron chi connectivity index (χ2n) is 4.95. The van der Waals surface area contributed by atoms with E-state index in [9.17, 15) is 0 Å². The van der Waals surface area contributed by atoms with Crippen LogP contribution in [0.1, 0.15) is 32.6 Å². The van der Waals surface area contributed by atoms with Gasteiger partial charge in [-0.05, 0) is 31.0 Å². The number of aromatic nitrogens is 2. The number of rotatable bonds is 4. The molecule has 4 heteroatoms. The Kier molecular flexibility index (Phi) is 4.18. The van der Waals surface area contributed by atoms with Crippen LogP contribution >= 0.6 is 23.2 Å². The Balaban J connectivity index is 2.64. The zero-order valence-corrected chi connectivity index (χ0v) is 12.5. The molecule has 1 aromatic carbocycles. The minimum Gasteiger partial charge on any atom is -0.325 e. The van der Waals surface area contributed by atoms with Gasteiger partial charge in [-0.3, -0.25) is 0 Å². The fourth-order valence-electron chi connectivity index (χ4n) is 2.13. The molecule has 0 saturated heterocycles. The number of aryl methyl sites for hydroxylation is 1. The van der Waals surface area contributed by atoms with Gasteiger partial charge in [0, 0.05) is 23.4 Å². The Bertz CT molecular complexity index is 546. The minimum atomic E-state index is 0.381. The molecule has 2 rings (SSSR count). The van der Waals surface area contributed by atoms with Crippen LogP contribution in [0.2, 0.25) is 5.02 Å². The molecule has 0 fully saturated rings. The predicted octanol–water partition coefficient (Wildman–Crippen LogP) is 4.69. The smallest absolute Gasteiger partial charge is 0.111 e. The summed E-state index contributed by atoms with van der Waals surface area (Å²) in [6, 6.07) is 6.22. The lowest BCUT2D eigenvalue weighted by Crippen LogP contribution is -2.15. The Morgan fingerprint density at radius 2 is 2.00 bits per heavy atom. The molecule has 0 spiro atoms. The lowest BCUT2D eigenvalue weighted by Gasteiger charge is -2.21. The summed E-state index contributed by atoms with van der Waals surface area (Å²) in [6.07, 6.45) is 0.783. The maximum absolute atomic E-state index is 6.09. The van der Waals surface area contributed by atoms with Gasteiger partial charge in [0.15, 0.2) is 0 Å². The monoisotopic (exact) mass is 284 g/mol. The van der Waals surface area contributed by atoms with Gasteiger partial charge in [-0.1, -0.05) is 25.4 Å². The molecule has 1 unspecified atom stereocenters. The Morgan fingerprint density at radius 1 is 1.28 bits per heavy atom. The Hall–Kier alpha value is -0.730. The number of hydrogen-bond donors (Lipinski definition) is 0. The molecule has 0 aliphatic carbocycles. The fourth-order valence-corrected chi connectivity index (χ4v) is 2.46. The van der Waals surface area contributed by atoms with E-state index in [1.807, 2.05) is 18.2 Å². The van der Waals surface area contributed by atoms with Crippen molar-refractivity contribution in [1.29, 1.82) is 0 Å². The number of hydrogen-bond acceptors (Lipinski definition) is 1. The number of halogens is 2. The lowest BCUT2D eigenvalue weighted by atomic mass is 10.1. The van der Waals surface area contributed by atoms with Crippen molar-refractivity contribution in [2.75, 3.05) is 5.88 Å². The van der Waals surface area contributed by atoms with Crippen LogP contribution in [0, 0.1) is 5.92 Å². The molecular formula is C14H18Cl2N2. The number of fused-ring (bicyclic) bond motifs is 1. The number of alkyl halides is 1. The van der Waals surface area contributed by atoms with Gasteiger partial charge < -0.3 is 4.57 Å². The van der Waals surface area contributed by atoms with Crippen LogP contribution in [0.5, 0.6) is 0 Å². The Morgan fingerprint density at radius 3 is 2.61 bits per heavy atom. The number of imidazole rings is 1. The second-order valence-corrected chi connectivity index (χ2v) is 5.77. The van der Waals surface area contributed by atoms with Crippen LogP contribution < -0.4 is 0 Å². The third-order valence-corrected chi connectivity index (χ3v) is 3.84. The van der Waals surface area contributed by atoms with Crippen LogP contribution in [0.3, 0.4) is 0 Å². The van der Waals surface area contributed by atoms with Gasteiger partial charge in [0.05, 0.1) is 11.0 Å². The zero-order valence-electron chi connectivity index (χ0n) is 11.0. The molecule has 98 valence electrons. The van der Waals surface area contributed by atoms with Gasteiger partial charge in [-0.15, -0.1) is 11.6 Å². The van der Waals surface area contributed by atoms with E-state index in [-0.39, 0.29) is 0 Å². The standard InChI is InChI=1S/C14H18Cl2N2/c1-9(2)10(3)18-13-8-11(16)4-5-12(13)17-14(18)6-7-15/h4-5,8-10H,6-7H2,1-3H3. The van der Waals surface area contributed by atoms with Gasteiger partial charge in [-0.2, -0.15) is 0 Å². The number of benzene rings is 1. The predicted molar refractivity (Wildman–Crippen MR) is 78.7 cm³/mol. The minimum absolute atomic E-state index is 0.381. The van der Waals surface area contributed by atoms with E-state index in [2.05, 4.69) is 30.3 Å². The van der Waals surface area contributed by atoms with Crippen LogP contribution in [-0.2, 0) is 6.42 Å². The molecule has 1 heterocycles. The van der Waals surface area contributed by atoms with Crippen LogP contribution in [-0.4, -0.2) is 15.4 Å². The molecule has 2 aromatic rings.